The molecule has 0 saturated heterocycles. The predicted molar refractivity (Wildman–Crippen MR) is 62.4 cm³/mol. The Hall–Kier alpha value is -2.58. The van der Waals surface area contributed by atoms with Crippen molar-refractivity contribution in [3.63, 3.8) is 0 Å². The lowest BCUT2D eigenvalue weighted by atomic mass is 10.1. The molecule has 0 bridgehead atoms. The molecule has 0 saturated carbocycles. The average Bonchev–Trinajstić information content (AvgIpc) is 2.35. The number of guanidine groups is 1. The summed E-state index contributed by atoms with van der Waals surface area (Å²) in [6, 6.07) is 5.37. The molecule has 9 heteroatoms. The molecule has 20 heavy (non-hydrogen) atoms. The summed E-state index contributed by atoms with van der Waals surface area (Å²) in [6.07, 6.45) is -5.23. The fourth-order valence-electron chi connectivity index (χ4n) is 1.18. The first-order valence-corrected chi connectivity index (χ1v) is 5.18. The predicted octanol–water partition coefficient (Wildman–Crippen LogP) is 0.706. The smallest absolute Gasteiger partial charge is 0.383 e. The molecule has 0 aliphatic heterocycles. The number of nitrogens with two attached hydrogens (primary N) is 2. The topological polar surface area (TPSA) is 108 Å². The Morgan fingerprint density at radius 3 is 2.45 bits per heavy atom. The SMILES string of the molecule is NC(N)=NCc1cccc(C(=O)OC(=O)C(F)(F)F)c1. The Labute approximate surface area is 111 Å². The Bertz CT molecular complexity index is 551. The summed E-state index contributed by atoms with van der Waals surface area (Å²) in [5, 5.41) is 0. The second kappa shape index (κ2) is 6.04. The minimum atomic E-state index is -5.23. The van der Waals surface area contributed by atoms with E-state index in [9.17, 15) is 22.8 Å². The highest BCUT2D eigenvalue weighted by Gasteiger charge is 2.42. The van der Waals surface area contributed by atoms with Gasteiger partial charge in [0, 0.05) is 0 Å². The highest BCUT2D eigenvalue weighted by atomic mass is 19.4. The molecule has 0 amide bonds. The Kier molecular flexibility index (Phi) is 4.68. The van der Waals surface area contributed by atoms with Crippen molar-refractivity contribution in [2.45, 2.75) is 12.7 Å². The first-order chi connectivity index (χ1) is 9.20. The third-order valence-electron chi connectivity index (χ3n) is 2.02. The van der Waals surface area contributed by atoms with Gasteiger partial charge in [0.1, 0.15) is 0 Å². The number of alkyl halides is 3. The summed E-state index contributed by atoms with van der Waals surface area (Å²) in [5.74, 6) is -4.15. The lowest BCUT2D eigenvalue weighted by molar-refractivity contribution is -0.193. The number of halogens is 3. The van der Waals surface area contributed by atoms with Crippen LogP contribution in [0.2, 0.25) is 0 Å². The molecule has 0 radical (unpaired) electrons. The largest absolute Gasteiger partial charge is 0.491 e. The lowest BCUT2D eigenvalue weighted by Gasteiger charge is -2.06. The summed E-state index contributed by atoms with van der Waals surface area (Å²) in [7, 11) is 0. The van der Waals surface area contributed by atoms with Gasteiger partial charge in [-0.05, 0) is 17.7 Å². The van der Waals surface area contributed by atoms with Crippen LogP contribution in [0.3, 0.4) is 0 Å². The van der Waals surface area contributed by atoms with E-state index in [4.69, 9.17) is 11.5 Å². The van der Waals surface area contributed by atoms with Crippen LogP contribution in [0.15, 0.2) is 29.3 Å². The van der Waals surface area contributed by atoms with Crippen LogP contribution in [0, 0.1) is 0 Å². The molecule has 0 spiro atoms. The van der Waals surface area contributed by atoms with E-state index in [2.05, 4.69) is 9.73 Å². The monoisotopic (exact) mass is 289 g/mol. The van der Waals surface area contributed by atoms with Gasteiger partial charge in [0.2, 0.25) is 0 Å². The van der Waals surface area contributed by atoms with Gasteiger partial charge in [-0.1, -0.05) is 12.1 Å². The average molecular weight is 289 g/mol. The molecule has 1 aromatic carbocycles. The van der Waals surface area contributed by atoms with Crippen LogP contribution in [-0.2, 0) is 16.1 Å². The maximum atomic E-state index is 11.9. The van der Waals surface area contributed by atoms with Gasteiger partial charge in [0.05, 0.1) is 12.1 Å². The summed E-state index contributed by atoms with van der Waals surface area (Å²) < 4.78 is 39.5. The Morgan fingerprint density at radius 2 is 1.90 bits per heavy atom. The molecular formula is C11H10F3N3O3. The van der Waals surface area contributed by atoms with E-state index < -0.39 is 18.1 Å². The van der Waals surface area contributed by atoms with Gasteiger partial charge in [-0.25, -0.2) is 14.6 Å². The summed E-state index contributed by atoms with van der Waals surface area (Å²) in [5.41, 5.74) is 10.5. The maximum Gasteiger partial charge on any atom is 0.491 e. The van der Waals surface area contributed by atoms with Gasteiger partial charge in [-0.15, -0.1) is 0 Å². The van der Waals surface area contributed by atoms with Crippen molar-refractivity contribution in [1.82, 2.24) is 0 Å². The fraction of sp³-hybridized carbons (Fsp3) is 0.182. The van der Waals surface area contributed by atoms with E-state index in [0.717, 1.165) is 0 Å². The number of esters is 2. The highest BCUT2D eigenvalue weighted by molar-refractivity contribution is 5.98. The zero-order valence-electron chi connectivity index (χ0n) is 9.98. The molecule has 4 N–H and O–H groups in total. The highest BCUT2D eigenvalue weighted by Crippen LogP contribution is 2.18. The van der Waals surface area contributed by atoms with Gasteiger partial charge in [0.15, 0.2) is 5.96 Å². The molecule has 0 aromatic heterocycles. The van der Waals surface area contributed by atoms with E-state index in [0.29, 0.717) is 5.56 Å². The second-order valence-corrected chi connectivity index (χ2v) is 3.62. The number of carbonyl (C=O) groups excluding carboxylic acids is 2. The molecule has 0 aliphatic rings. The van der Waals surface area contributed by atoms with E-state index in [1.165, 1.54) is 18.2 Å². The molecule has 0 atom stereocenters. The van der Waals surface area contributed by atoms with Crippen LogP contribution < -0.4 is 11.5 Å². The number of carbonyl (C=O) groups is 2. The fourth-order valence-corrected chi connectivity index (χ4v) is 1.18. The third-order valence-corrected chi connectivity index (χ3v) is 2.02. The van der Waals surface area contributed by atoms with Crippen LogP contribution in [0.4, 0.5) is 13.2 Å². The minimum absolute atomic E-state index is 0.0384. The normalized spacial score (nSPS) is 10.8. The summed E-state index contributed by atoms with van der Waals surface area (Å²) >= 11 is 0. The summed E-state index contributed by atoms with van der Waals surface area (Å²) in [4.78, 5) is 25.6. The zero-order valence-corrected chi connectivity index (χ0v) is 9.98. The molecule has 1 aromatic rings. The van der Waals surface area contributed by atoms with Crippen molar-refractivity contribution in [2.24, 2.45) is 16.5 Å². The third kappa shape index (κ3) is 4.59. The molecule has 0 fully saturated rings. The van der Waals surface area contributed by atoms with Crippen LogP contribution in [0.5, 0.6) is 0 Å². The van der Waals surface area contributed by atoms with Gasteiger partial charge < -0.3 is 16.2 Å². The molecule has 1 rings (SSSR count). The molecule has 0 aliphatic carbocycles. The van der Waals surface area contributed by atoms with Gasteiger partial charge in [-0.3, -0.25) is 0 Å². The number of nitrogens with zero attached hydrogens (tertiary/aromatic N) is 1. The van der Waals surface area contributed by atoms with Crippen LogP contribution in [-0.4, -0.2) is 24.1 Å². The van der Waals surface area contributed by atoms with Crippen molar-refractivity contribution < 1.29 is 27.5 Å². The zero-order chi connectivity index (χ0) is 15.3. The summed E-state index contributed by atoms with van der Waals surface area (Å²) in [6.45, 7) is 0.0384. The van der Waals surface area contributed by atoms with Crippen molar-refractivity contribution in [1.29, 1.82) is 0 Å². The van der Waals surface area contributed by atoms with E-state index in [1.54, 1.807) is 6.07 Å². The van der Waals surface area contributed by atoms with Crippen molar-refractivity contribution in [3.05, 3.63) is 35.4 Å². The molecule has 0 unspecified atom stereocenters. The minimum Gasteiger partial charge on any atom is -0.383 e. The van der Waals surface area contributed by atoms with E-state index >= 15 is 0 Å². The van der Waals surface area contributed by atoms with Crippen LogP contribution in [0.1, 0.15) is 15.9 Å². The van der Waals surface area contributed by atoms with Crippen molar-refractivity contribution in [3.8, 4) is 0 Å². The lowest BCUT2D eigenvalue weighted by Crippen LogP contribution is -2.28. The number of benzene rings is 1. The number of hydrogen-bond acceptors (Lipinski definition) is 4. The second-order valence-electron chi connectivity index (χ2n) is 3.62. The van der Waals surface area contributed by atoms with Crippen molar-refractivity contribution in [2.75, 3.05) is 0 Å². The van der Waals surface area contributed by atoms with Crippen LogP contribution >= 0.6 is 0 Å². The van der Waals surface area contributed by atoms with E-state index in [-0.39, 0.29) is 18.1 Å². The first-order valence-electron chi connectivity index (χ1n) is 5.18. The van der Waals surface area contributed by atoms with Gasteiger partial charge in [0.25, 0.3) is 0 Å². The van der Waals surface area contributed by atoms with Gasteiger partial charge >= 0.3 is 18.1 Å². The standard InChI is InChI=1S/C11H10F3N3O3/c12-11(13,14)9(19)20-8(18)7-3-1-2-6(4-7)5-17-10(15)16/h1-4H,5H2,(H4,15,16,17). The Morgan fingerprint density at radius 1 is 1.25 bits per heavy atom. The number of aliphatic imine (C=N–C) groups is 1. The van der Waals surface area contributed by atoms with Crippen LogP contribution in [0.25, 0.3) is 0 Å². The van der Waals surface area contributed by atoms with E-state index in [1.807, 2.05) is 0 Å². The molecule has 0 heterocycles. The van der Waals surface area contributed by atoms with Crippen molar-refractivity contribution >= 4 is 17.9 Å². The molecule has 6 nitrogen and oxygen atoms in total. The Balaban J connectivity index is 2.82. The van der Waals surface area contributed by atoms with Gasteiger partial charge in [-0.2, -0.15) is 13.2 Å². The maximum absolute atomic E-state index is 11.9. The molecule has 108 valence electrons. The first kappa shape index (κ1) is 15.5. The quantitative estimate of drug-likeness (QED) is 0.368. The number of hydrogen-bond donors (Lipinski definition) is 2. The number of ether oxygens (including phenoxy) is 1. The molecular weight excluding hydrogens is 279 g/mol. The number of rotatable bonds is 3.